The fourth-order valence-corrected chi connectivity index (χ4v) is 4.07. The zero-order valence-electron chi connectivity index (χ0n) is 15.3. The first-order valence-electron chi connectivity index (χ1n) is 8.78. The molecule has 1 aliphatic rings. The molecule has 3 rings (SSSR count). The normalized spacial score (nSPS) is 19.4. The lowest BCUT2D eigenvalue weighted by Crippen LogP contribution is -2.51. The van der Waals surface area contributed by atoms with E-state index in [0.29, 0.717) is 5.56 Å². The minimum Gasteiger partial charge on any atom is -0.348 e. The number of piperidine rings is 1. The van der Waals surface area contributed by atoms with Crippen LogP contribution in [0.4, 0.5) is 10.1 Å². The van der Waals surface area contributed by atoms with Crippen LogP contribution in [0.2, 0.25) is 0 Å². The zero-order valence-corrected chi connectivity index (χ0v) is 16.9. The highest BCUT2D eigenvalue weighted by molar-refractivity contribution is 7.92. The third-order valence-corrected chi connectivity index (χ3v) is 6.00. The third-order valence-electron chi connectivity index (χ3n) is 4.60. The number of sulfonamides is 1. The van der Waals surface area contributed by atoms with E-state index < -0.39 is 15.8 Å². The molecule has 0 bridgehead atoms. The summed E-state index contributed by atoms with van der Waals surface area (Å²) in [6.45, 7) is 2.97. The fourth-order valence-electron chi connectivity index (χ4n) is 3.01. The lowest BCUT2D eigenvalue weighted by atomic mass is 9.99. The van der Waals surface area contributed by atoms with Gasteiger partial charge in [-0.2, -0.15) is 0 Å². The average molecular weight is 428 g/mol. The van der Waals surface area contributed by atoms with Crippen LogP contribution >= 0.6 is 12.4 Å². The Morgan fingerprint density at radius 3 is 2.36 bits per heavy atom. The van der Waals surface area contributed by atoms with Crippen molar-refractivity contribution in [3.63, 3.8) is 0 Å². The number of nitrogens with one attached hydrogen (secondary N) is 3. The van der Waals surface area contributed by atoms with E-state index >= 15 is 0 Å². The first-order chi connectivity index (χ1) is 12.8. The van der Waals surface area contributed by atoms with Crippen LogP contribution in [0.15, 0.2) is 53.4 Å². The number of rotatable bonds is 5. The summed E-state index contributed by atoms with van der Waals surface area (Å²) in [5, 5.41) is 6.30. The van der Waals surface area contributed by atoms with Crippen molar-refractivity contribution in [1.82, 2.24) is 10.6 Å². The van der Waals surface area contributed by atoms with Crippen molar-refractivity contribution in [3.05, 3.63) is 59.9 Å². The predicted molar refractivity (Wildman–Crippen MR) is 109 cm³/mol. The summed E-state index contributed by atoms with van der Waals surface area (Å²) < 4.78 is 40.1. The largest absolute Gasteiger partial charge is 0.348 e. The van der Waals surface area contributed by atoms with Crippen molar-refractivity contribution in [2.24, 2.45) is 0 Å². The smallest absolute Gasteiger partial charge is 0.261 e. The molecule has 152 valence electrons. The molecule has 9 heteroatoms. The highest BCUT2D eigenvalue weighted by Crippen LogP contribution is 2.17. The van der Waals surface area contributed by atoms with Crippen molar-refractivity contribution in [2.75, 3.05) is 11.3 Å². The monoisotopic (exact) mass is 427 g/mol. The molecule has 0 saturated carbocycles. The van der Waals surface area contributed by atoms with Gasteiger partial charge in [-0.3, -0.25) is 9.52 Å². The molecule has 28 heavy (non-hydrogen) atoms. The van der Waals surface area contributed by atoms with Gasteiger partial charge in [0.2, 0.25) is 0 Å². The van der Waals surface area contributed by atoms with Gasteiger partial charge in [-0.1, -0.05) is 0 Å². The lowest BCUT2D eigenvalue weighted by Gasteiger charge is -2.30. The molecule has 2 unspecified atom stereocenters. The van der Waals surface area contributed by atoms with Gasteiger partial charge in [-0.05, 0) is 74.8 Å². The second kappa shape index (κ2) is 9.36. The van der Waals surface area contributed by atoms with Crippen molar-refractivity contribution >= 4 is 34.0 Å². The summed E-state index contributed by atoms with van der Waals surface area (Å²) >= 11 is 0. The summed E-state index contributed by atoms with van der Waals surface area (Å²) in [6, 6.07) is 11.0. The van der Waals surface area contributed by atoms with Gasteiger partial charge in [0.05, 0.1) is 4.90 Å². The fraction of sp³-hybridized carbons (Fsp3) is 0.316. The highest BCUT2D eigenvalue weighted by atomic mass is 35.5. The Kier molecular flexibility index (Phi) is 7.40. The second-order valence-electron chi connectivity index (χ2n) is 6.60. The number of anilines is 1. The van der Waals surface area contributed by atoms with E-state index in [-0.39, 0.29) is 41.0 Å². The molecule has 1 amide bonds. The maximum absolute atomic E-state index is 12.9. The van der Waals surface area contributed by atoms with Crippen LogP contribution in [0.5, 0.6) is 0 Å². The Morgan fingerprint density at radius 2 is 1.75 bits per heavy atom. The van der Waals surface area contributed by atoms with Crippen LogP contribution in [0.1, 0.15) is 30.1 Å². The minimum atomic E-state index is -3.82. The molecule has 0 spiro atoms. The molecular weight excluding hydrogens is 405 g/mol. The lowest BCUT2D eigenvalue weighted by molar-refractivity contribution is 0.0919. The molecule has 0 aliphatic carbocycles. The molecule has 0 radical (unpaired) electrons. The number of amides is 1. The Hall–Kier alpha value is -2.16. The van der Waals surface area contributed by atoms with Crippen molar-refractivity contribution < 1.29 is 17.6 Å². The molecule has 1 fully saturated rings. The maximum Gasteiger partial charge on any atom is 0.261 e. The molecule has 1 saturated heterocycles. The van der Waals surface area contributed by atoms with Gasteiger partial charge in [0, 0.05) is 23.3 Å². The van der Waals surface area contributed by atoms with Gasteiger partial charge in [-0.15, -0.1) is 12.4 Å². The average Bonchev–Trinajstić information content (AvgIpc) is 2.65. The van der Waals surface area contributed by atoms with Crippen LogP contribution < -0.4 is 15.4 Å². The van der Waals surface area contributed by atoms with E-state index in [9.17, 15) is 17.6 Å². The van der Waals surface area contributed by atoms with Crippen LogP contribution in [0.3, 0.4) is 0 Å². The Labute approximate surface area is 170 Å². The van der Waals surface area contributed by atoms with Gasteiger partial charge in [0.25, 0.3) is 15.9 Å². The molecular formula is C19H23ClFN3O3S. The van der Waals surface area contributed by atoms with Crippen LogP contribution in [-0.4, -0.2) is 33.0 Å². The van der Waals surface area contributed by atoms with E-state index in [2.05, 4.69) is 15.4 Å². The maximum atomic E-state index is 12.9. The standard InChI is InChI=1S/C19H22FN3O3S.ClH/c1-13-18(3-2-12-21-13)22-19(24)14-4-10-17(11-5-14)27(25,26)23-16-8-6-15(20)7-9-16;/h4-11,13,18,21,23H,2-3,12H2,1H3,(H,22,24);1H. The number of carbonyl (C=O) groups excluding carboxylic acids is 1. The number of hydrogen-bond donors (Lipinski definition) is 3. The molecule has 6 nitrogen and oxygen atoms in total. The van der Waals surface area contributed by atoms with Crippen molar-refractivity contribution in [3.8, 4) is 0 Å². The van der Waals surface area contributed by atoms with E-state index in [0.717, 1.165) is 19.4 Å². The number of halogens is 2. The Bertz CT molecular complexity index is 905. The van der Waals surface area contributed by atoms with E-state index in [1.165, 1.54) is 48.5 Å². The Morgan fingerprint density at radius 1 is 1.11 bits per heavy atom. The van der Waals surface area contributed by atoms with Gasteiger partial charge in [0.1, 0.15) is 5.82 Å². The summed E-state index contributed by atoms with van der Waals surface area (Å²) in [5.74, 6) is -0.679. The third kappa shape index (κ3) is 5.43. The molecule has 1 heterocycles. The SMILES string of the molecule is CC1NCCCC1NC(=O)c1ccc(S(=O)(=O)Nc2ccc(F)cc2)cc1.Cl. The topological polar surface area (TPSA) is 87.3 Å². The summed E-state index contributed by atoms with van der Waals surface area (Å²) in [6.07, 6.45) is 1.91. The number of benzene rings is 2. The summed E-state index contributed by atoms with van der Waals surface area (Å²) in [7, 11) is -3.82. The molecule has 2 aromatic rings. The minimum absolute atomic E-state index is 0. The quantitative estimate of drug-likeness (QED) is 0.684. The number of carbonyl (C=O) groups is 1. The molecule has 3 N–H and O–H groups in total. The van der Waals surface area contributed by atoms with Crippen LogP contribution in [0.25, 0.3) is 0 Å². The van der Waals surface area contributed by atoms with E-state index in [1.807, 2.05) is 6.92 Å². The van der Waals surface area contributed by atoms with Crippen molar-refractivity contribution in [1.29, 1.82) is 0 Å². The van der Waals surface area contributed by atoms with Crippen LogP contribution in [-0.2, 0) is 10.0 Å². The van der Waals surface area contributed by atoms with E-state index in [1.54, 1.807) is 0 Å². The van der Waals surface area contributed by atoms with Crippen LogP contribution in [0, 0.1) is 5.82 Å². The summed E-state index contributed by atoms with van der Waals surface area (Å²) in [4.78, 5) is 12.4. The first-order valence-corrected chi connectivity index (χ1v) is 10.3. The van der Waals surface area contributed by atoms with Gasteiger partial charge in [-0.25, -0.2) is 12.8 Å². The first kappa shape index (κ1) is 22.1. The Balaban J connectivity index is 0.00000280. The molecule has 2 atom stereocenters. The molecule has 2 aromatic carbocycles. The molecule has 1 aliphatic heterocycles. The van der Waals surface area contributed by atoms with Gasteiger partial charge in [0.15, 0.2) is 0 Å². The van der Waals surface area contributed by atoms with Crippen molar-refractivity contribution in [2.45, 2.75) is 36.7 Å². The highest BCUT2D eigenvalue weighted by Gasteiger charge is 2.23. The number of hydrogen-bond acceptors (Lipinski definition) is 4. The predicted octanol–water partition coefficient (Wildman–Crippen LogP) is 2.92. The second-order valence-corrected chi connectivity index (χ2v) is 8.28. The van der Waals surface area contributed by atoms with E-state index in [4.69, 9.17) is 0 Å². The zero-order chi connectivity index (χ0) is 19.4. The summed E-state index contributed by atoms with van der Waals surface area (Å²) in [5.41, 5.74) is 0.658. The van der Waals surface area contributed by atoms with Gasteiger partial charge < -0.3 is 10.6 Å². The van der Waals surface area contributed by atoms with Gasteiger partial charge >= 0.3 is 0 Å². The molecule has 0 aromatic heterocycles.